The molecule has 0 fully saturated rings. The monoisotopic (exact) mass is 376 g/mol. The van der Waals surface area contributed by atoms with Crippen LogP contribution in [0.2, 0.25) is 0 Å². The van der Waals surface area contributed by atoms with Gasteiger partial charge in [-0.05, 0) is 44.0 Å². The number of aromatic nitrogens is 2. The zero-order valence-corrected chi connectivity index (χ0v) is 16.1. The first-order valence-corrected chi connectivity index (χ1v) is 9.67. The second-order valence-corrected chi connectivity index (χ2v) is 7.40. The lowest BCUT2D eigenvalue weighted by molar-refractivity contribution is 0.0943. The molecule has 28 heavy (non-hydrogen) atoms. The van der Waals surface area contributed by atoms with Crippen molar-refractivity contribution in [3.8, 4) is 0 Å². The lowest BCUT2D eigenvalue weighted by Crippen LogP contribution is -2.39. The molecule has 2 heterocycles. The quantitative estimate of drug-likeness (QED) is 0.734. The van der Waals surface area contributed by atoms with Gasteiger partial charge in [-0.3, -0.25) is 9.59 Å². The Morgan fingerprint density at radius 1 is 1.18 bits per heavy atom. The summed E-state index contributed by atoms with van der Waals surface area (Å²) in [4.78, 5) is 25.6. The second-order valence-electron chi connectivity index (χ2n) is 7.40. The van der Waals surface area contributed by atoms with Gasteiger partial charge < -0.3 is 10.6 Å². The number of carbonyl (C=O) groups is 1. The van der Waals surface area contributed by atoms with Gasteiger partial charge in [0, 0.05) is 18.0 Å². The number of hydrogen-bond acceptors (Lipinski definition) is 4. The van der Waals surface area contributed by atoms with Crippen LogP contribution in [0.1, 0.15) is 47.5 Å². The highest BCUT2D eigenvalue weighted by Crippen LogP contribution is 2.22. The van der Waals surface area contributed by atoms with E-state index in [1.54, 1.807) is 18.2 Å². The maximum atomic E-state index is 13.0. The minimum absolute atomic E-state index is 0.0659. The lowest BCUT2D eigenvalue weighted by Gasteiger charge is -2.27. The van der Waals surface area contributed by atoms with Crippen molar-refractivity contribution in [2.75, 3.05) is 13.1 Å². The zero-order valence-electron chi connectivity index (χ0n) is 16.1. The minimum Gasteiger partial charge on any atom is -0.349 e. The summed E-state index contributed by atoms with van der Waals surface area (Å²) in [7, 11) is 0. The number of rotatable bonds is 4. The van der Waals surface area contributed by atoms with Crippen LogP contribution in [-0.4, -0.2) is 28.8 Å². The van der Waals surface area contributed by atoms with Gasteiger partial charge in [0.15, 0.2) is 5.69 Å². The topological polar surface area (TPSA) is 76.0 Å². The van der Waals surface area contributed by atoms with Gasteiger partial charge in [-0.1, -0.05) is 42.5 Å². The molecule has 4 rings (SSSR count). The van der Waals surface area contributed by atoms with Crippen molar-refractivity contribution < 1.29 is 4.79 Å². The molecule has 1 aromatic heterocycles. The number of carbonyl (C=O) groups excluding carboxylic acids is 1. The Hall–Kier alpha value is -2.99. The van der Waals surface area contributed by atoms with Gasteiger partial charge in [-0.2, -0.15) is 5.10 Å². The van der Waals surface area contributed by atoms with Gasteiger partial charge >= 0.3 is 0 Å². The Balaban J connectivity index is 1.63. The molecule has 1 aliphatic rings. The predicted molar refractivity (Wildman–Crippen MR) is 110 cm³/mol. The van der Waals surface area contributed by atoms with Gasteiger partial charge in [-0.25, -0.2) is 4.68 Å². The molecule has 0 spiro atoms. The fourth-order valence-electron chi connectivity index (χ4n) is 3.78. The number of nitrogens with one attached hydrogen (secondary N) is 2. The highest BCUT2D eigenvalue weighted by molar-refractivity contribution is 6.04. The van der Waals surface area contributed by atoms with Crippen molar-refractivity contribution in [2.24, 2.45) is 0 Å². The fourth-order valence-corrected chi connectivity index (χ4v) is 3.78. The summed E-state index contributed by atoms with van der Waals surface area (Å²) in [5, 5.41) is 11.9. The number of fused-ring (bicyclic) bond motifs is 2. The first kappa shape index (κ1) is 18.4. The van der Waals surface area contributed by atoms with Crippen LogP contribution in [0.5, 0.6) is 0 Å². The molecule has 0 bridgehead atoms. The first-order valence-electron chi connectivity index (χ1n) is 9.67. The molecule has 144 valence electrons. The molecule has 0 saturated heterocycles. The molecular weight excluding hydrogens is 352 g/mol. The second kappa shape index (κ2) is 7.56. The number of amides is 1. The van der Waals surface area contributed by atoms with Crippen molar-refractivity contribution in [1.82, 2.24) is 20.4 Å². The molecule has 1 amide bonds. The third kappa shape index (κ3) is 3.31. The SMILES string of the molecule is CC(C)n1nc(C(=O)NCC2NCCc3ccccc32)c2ccccc2c1=O. The van der Waals surface area contributed by atoms with E-state index < -0.39 is 0 Å². The van der Waals surface area contributed by atoms with E-state index in [-0.39, 0.29) is 29.2 Å². The largest absolute Gasteiger partial charge is 0.349 e. The molecule has 3 aromatic rings. The highest BCUT2D eigenvalue weighted by atomic mass is 16.2. The van der Waals surface area contributed by atoms with Gasteiger partial charge in [0.1, 0.15) is 0 Å². The van der Waals surface area contributed by atoms with Crippen LogP contribution in [0, 0.1) is 0 Å². The average Bonchev–Trinajstić information content (AvgIpc) is 2.72. The zero-order chi connectivity index (χ0) is 19.7. The van der Waals surface area contributed by atoms with Gasteiger partial charge in [0.05, 0.1) is 11.4 Å². The first-order chi connectivity index (χ1) is 13.6. The van der Waals surface area contributed by atoms with E-state index in [1.165, 1.54) is 15.8 Å². The van der Waals surface area contributed by atoms with Crippen LogP contribution < -0.4 is 16.2 Å². The van der Waals surface area contributed by atoms with Gasteiger partial charge in [0.2, 0.25) is 0 Å². The summed E-state index contributed by atoms with van der Waals surface area (Å²) < 4.78 is 1.38. The molecule has 2 N–H and O–H groups in total. The average molecular weight is 376 g/mol. The van der Waals surface area contributed by atoms with Crippen LogP contribution >= 0.6 is 0 Å². The van der Waals surface area contributed by atoms with Gasteiger partial charge in [-0.15, -0.1) is 0 Å². The number of hydrogen-bond donors (Lipinski definition) is 2. The van der Waals surface area contributed by atoms with E-state index in [9.17, 15) is 9.59 Å². The summed E-state index contributed by atoms with van der Waals surface area (Å²) in [5.41, 5.74) is 2.65. The standard InChI is InChI=1S/C22H24N4O2/c1-14(2)26-22(28)18-10-6-5-9-17(18)20(25-26)21(27)24-13-19-16-8-4-3-7-15(16)11-12-23-19/h3-10,14,19,23H,11-13H2,1-2H3,(H,24,27). The number of benzene rings is 2. The molecule has 1 atom stereocenters. The van der Waals surface area contributed by atoms with Crippen LogP contribution in [-0.2, 0) is 6.42 Å². The van der Waals surface area contributed by atoms with E-state index >= 15 is 0 Å². The summed E-state index contributed by atoms with van der Waals surface area (Å²) in [6, 6.07) is 15.4. The van der Waals surface area contributed by atoms with Crippen molar-refractivity contribution in [3.63, 3.8) is 0 Å². The summed E-state index contributed by atoms with van der Waals surface area (Å²) in [6.45, 7) is 5.12. The van der Waals surface area contributed by atoms with E-state index in [0.29, 0.717) is 17.3 Å². The lowest BCUT2D eigenvalue weighted by atomic mass is 9.94. The summed E-state index contributed by atoms with van der Waals surface area (Å²) in [5.74, 6) is -0.268. The molecule has 1 unspecified atom stereocenters. The molecule has 6 heteroatoms. The fraction of sp³-hybridized carbons (Fsp3) is 0.318. The van der Waals surface area contributed by atoms with Gasteiger partial charge in [0.25, 0.3) is 11.5 Å². The molecular formula is C22H24N4O2. The maximum absolute atomic E-state index is 13.0. The third-order valence-corrected chi connectivity index (χ3v) is 5.21. The Labute approximate surface area is 163 Å². The summed E-state index contributed by atoms with van der Waals surface area (Å²) in [6.07, 6.45) is 0.992. The van der Waals surface area contributed by atoms with Crippen molar-refractivity contribution in [3.05, 3.63) is 75.7 Å². The molecule has 0 radical (unpaired) electrons. The Morgan fingerprint density at radius 2 is 1.89 bits per heavy atom. The van der Waals surface area contributed by atoms with Crippen molar-refractivity contribution in [1.29, 1.82) is 0 Å². The van der Waals surface area contributed by atoms with Crippen molar-refractivity contribution >= 4 is 16.7 Å². The maximum Gasteiger partial charge on any atom is 0.274 e. The molecule has 0 aliphatic carbocycles. The Kier molecular flexibility index (Phi) is 4.96. The van der Waals surface area contributed by atoms with E-state index in [0.717, 1.165) is 13.0 Å². The third-order valence-electron chi connectivity index (χ3n) is 5.21. The smallest absolute Gasteiger partial charge is 0.274 e. The normalized spacial score (nSPS) is 16.2. The van der Waals surface area contributed by atoms with E-state index in [4.69, 9.17) is 0 Å². The molecule has 0 saturated carbocycles. The van der Waals surface area contributed by atoms with Crippen LogP contribution in [0.25, 0.3) is 10.8 Å². The minimum atomic E-state index is -0.268. The van der Waals surface area contributed by atoms with Crippen LogP contribution in [0.15, 0.2) is 53.3 Å². The van der Waals surface area contributed by atoms with Crippen LogP contribution in [0.4, 0.5) is 0 Å². The predicted octanol–water partition coefficient (Wildman–Crippen LogP) is 2.59. The molecule has 2 aromatic carbocycles. The molecule has 6 nitrogen and oxygen atoms in total. The highest BCUT2D eigenvalue weighted by Gasteiger charge is 2.22. The van der Waals surface area contributed by atoms with E-state index in [1.807, 2.05) is 32.0 Å². The Morgan fingerprint density at radius 3 is 2.68 bits per heavy atom. The van der Waals surface area contributed by atoms with Crippen molar-refractivity contribution in [2.45, 2.75) is 32.4 Å². The number of nitrogens with zero attached hydrogens (tertiary/aromatic N) is 2. The summed E-state index contributed by atoms with van der Waals surface area (Å²) >= 11 is 0. The van der Waals surface area contributed by atoms with E-state index in [2.05, 4.69) is 27.9 Å². The molecule has 1 aliphatic heterocycles. The van der Waals surface area contributed by atoms with Crippen LogP contribution in [0.3, 0.4) is 0 Å². The Bertz CT molecular complexity index is 1090.